The van der Waals surface area contributed by atoms with Gasteiger partial charge in [-0.1, -0.05) is 15.9 Å². The SMILES string of the molecule is CCn1nc(C)cc1C(=O)Nc1nc2cc(C(N)=O)cc3c2n1[C@@H](CCCBr)CO3. The summed E-state index contributed by atoms with van der Waals surface area (Å²) in [5, 5.41) is 8.15. The van der Waals surface area contributed by atoms with Gasteiger partial charge in [0.15, 0.2) is 0 Å². The van der Waals surface area contributed by atoms with E-state index in [1.54, 1.807) is 22.9 Å². The van der Waals surface area contributed by atoms with Crippen molar-refractivity contribution < 1.29 is 14.3 Å². The van der Waals surface area contributed by atoms with E-state index in [1.165, 1.54) is 0 Å². The van der Waals surface area contributed by atoms with Crippen LogP contribution in [-0.4, -0.2) is 43.1 Å². The molecule has 0 unspecified atom stereocenters. The molecular formula is C20H23BrN6O3. The number of halogens is 1. The number of alkyl halides is 1. The predicted octanol–water partition coefficient (Wildman–Crippen LogP) is 3.02. The summed E-state index contributed by atoms with van der Waals surface area (Å²) in [5.74, 6) is 0.119. The fourth-order valence-corrected chi connectivity index (χ4v) is 4.13. The Morgan fingerprint density at radius 1 is 1.37 bits per heavy atom. The molecule has 0 fully saturated rings. The number of hydrogen-bond donors (Lipinski definition) is 2. The standard InChI is InChI=1S/C20H23BrN6O3/c1-3-26-15(7-11(2)25-26)19(29)24-20-23-14-8-12(18(22)28)9-16-17(14)27(20)13(10-30-16)5-4-6-21/h7-9,13H,3-6,10H2,1-2H3,(H2,22,28)(H,23,24,29)/t13-/m0/s1. The van der Waals surface area contributed by atoms with E-state index in [1.807, 2.05) is 18.4 Å². The molecule has 2 aromatic heterocycles. The molecule has 0 spiro atoms. The molecule has 3 aromatic rings. The Morgan fingerprint density at radius 2 is 2.17 bits per heavy atom. The summed E-state index contributed by atoms with van der Waals surface area (Å²) in [7, 11) is 0. The summed E-state index contributed by atoms with van der Waals surface area (Å²) >= 11 is 3.47. The van der Waals surface area contributed by atoms with Crippen LogP contribution in [0.2, 0.25) is 0 Å². The number of imidazole rings is 1. The zero-order chi connectivity index (χ0) is 21.4. The highest BCUT2D eigenvalue weighted by Crippen LogP contribution is 2.38. The van der Waals surface area contributed by atoms with Crippen molar-refractivity contribution in [3.8, 4) is 5.75 Å². The van der Waals surface area contributed by atoms with Crippen LogP contribution in [0.1, 0.15) is 52.3 Å². The topological polar surface area (TPSA) is 117 Å². The first-order valence-electron chi connectivity index (χ1n) is 9.83. The van der Waals surface area contributed by atoms with Gasteiger partial charge in [-0.2, -0.15) is 5.10 Å². The first-order valence-corrected chi connectivity index (χ1v) is 11.0. The lowest BCUT2D eigenvalue weighted by molar-refractivity contribution is 0.0995. The number of amides is 2. The monoisotopic (exact) mass is 474 g/mol. The van der Waals surface area contributed by atoms with E-state index in [9.17, 15) is 9.59 Å². The summed E-state index contributed by atoms with van der Waals surface area (Å²) in [6.07, 6.45) is 1.79. The van der Waals surface area contributed by atoms with E-state index in [-0.39, 0.29) is 11.9 Å². The Bertz CT molecular complexity index is 1140. The number of nitrogens with zero attached hydrogens (tertiary/aromatic N) is 4. The van der Waals surface area contributed by atoms with Crippen molar-refractivity contribution in [3.05, 3.63) is 35.2 Å². The number of nitrogens with one attached hydrogen (secondary N) is 1. The smallest absolute Gasteiger partial charge is 0.276 e. The largest absolute Gasteiger partial charge is 0.489 e. The normalized spacial score (nSPS) is 15.2. The molecule has 4 rings (SSSR count). The summed E-state index contributed by atoms with van der Waals surface area (Å²) in [6, 6.07) is 5.02. The van der Waals surface area contributed by atoms with Gasteiger partial charge in [0.2, 0.25) is 11.9 Å². The van der Waals surface area contributed by atoms with Gasteiger partial charge in [0.1, 0.15) is 23.6 Å². The average molecular weight is 475 g/mol. The number of ether oxygens (including phenoxy) is 1. The number of aryl methyl sites for hydroxylation is 2. The highest BCUT2D eigenvalue weighted by molar-refractivity contribution is 9.09. The second-order valence-corrected chi connectivity index (χ2v) is 8.04. The van der Waals surface area contributed by atoms with Gasteiger partial charge in [-0.3, -0.25) is 19.6 Å². The van der Waals surface area contributed by atoms with E-state index in [0.29, 0.717) is 41.6 Å². The van der Waals surface area contributed by atoms with Crippen molar-refractivity contribution >= 4 is 44.7 Å². The van der Waals surface area contributed by atoms with E-state index in [0.717, 1.165) is 29.4 Å². The molecule has 0 bridgehead atoms. The van der Waals surface area contributed by atoms with Gasteiger partial charge in [-0.05, 0) is 44.9 Å². The zero-order valence-electron chi connectivity index (χ0n) is 16.8. The second-order valence-electron chi connectivity index (χ2n) is 7.25. The molecule has 0 radical (unpaired) electrons. The van der Waals surface area contributed by atoms with Gasteiger partial charge in [-0.25, -0.2) is 4.98 Å². The number of nitrogens with two attached hydrogens (primary N) is 1. The third-order valence-corrected chi connectivity index (χ3v) is 5.72. The minimum atomic E-state index is -0.555. The van der Waals surface area contributed by atoms with Gasteiger partial charge in [0.05, 0.1) is 17.3 Å². The van der Waals surface area contributed by atoms with Crippen LogP contribution >= 0.6 is 15.9 Å². The van der Waals surface area contributed by atoms with Crippen LogP contribution in [0.25, 0.3) is 11.0 Å². The minimum absolute atomic E-state index is 0.00704. The molecule has 10 heteroatoms. The maximum atomic E-state index is 13.0. The number of aromatic nitrogens is 4. The van der Waals surface area contributed by atoms with Crippen LogP contribution in [0.4, 0.5) is 5.95 Å². The maximum absolute atomic E-state index is 13.0. The Balaban J connectivity index is 1.80. The van der Waals surface area contributed by atoms with Gasteiger partial charge >= 0.3 is 0 Å². The van der Waals surface area contributed by atoms with Crippen molar-refractivity contribution in [2.45, 2.75) is 39.3 Å². The molecular weight excluding hydrogens is 452 g/mol. The summed E-state index contributed by atoms with van der Waals surface area (Å²) < 4.78 is 9.59. The van der Waals surface area contributed by atoms with Gasteiger partial charge in [-0.15, -0.1) is 0 Å². The maximum Gasteiger partial charge on any atom is 0.276 e. The molecule has 1 atom stereocenters. The molecule has 1 aliphatic heterocycles. The number of hydrogen-bond acceptors (Lipinski definition) is 5. The number of benzene rings is 1. The molecule has 3 heterocycles. The van der Waals surface area contributed by atoms with E-state index < -0.39 is 5.91 Å². The van der Waals surface area contributed by atoms with Crippen LogP contribution < -0.4 is 15.8 Å². The summed E-state index contributed by atoms with van der Waals surface area (Å²) in [6.45, 7) is 4.78. The van der Waals surface area contributed by atoms with E-state index in [2.05, 4.69) is 31.3 Å². The lowest BCUT2D eigenvalue weighted by Crippen LogP contribution is -2.26. The van der Waals surface area contributed by atoms with Crippen LogP contribution in [0, 0.1) is 6.92 Å². The molecule has 158 valence electrons. The van der Waals surface area contributed by atoms with Crippen LogP contribution in [0.3, 0.4) is 0 Å². The lowest BCUT2D eigenvalue weighted by atomic mass is 10.1. The number of rotatable bonds is 7. The first kappa shape index (κ1) is 20.4. The minimum Gasteiger partial charge on any atom is -0.489 e. The van der Waals surface area contributed by atoms with Gasteiger partial charge < -0.3 is 15.0 Å². The van der Waals surface area contributed by atoms with Gasteiger partial charge in [0.25, 0.3) is 5.91 Å². The molecule has 0 saturated heterocycles. The van der Waals surface area contributed by atoms with Crippen molar-refractivity contribution in [1.82, 2.24) is 19.3 Å². The van der Waals surface area contributed by atoms with Crippen LogP contribution in [-0.2, 0) is 6.54 Å². The fourth-order valence-electron chi connectivity index (χ4n) is 3.81. The van der Waals surface area contributed by atoms with Gasteiger partial charge in [0, 0.05) is 17.4 Å². The first-order chi connectivity index (χ1) is 14.4. The number of anilines is 1. The highest BCUT2D eigenvalue weighted by Gasteiger charge is 2.29. The Labute approximate surface area is 181 Å². The van der Waals surface area contributed by atoms with Crippen molar-refractivity contribution in [2.75, 3.05) is 17.3 Å². The molecule has 1 aliphatic rings. The zero-order valence-corrected chi connectivity index (χ0v) is 18.4. The third-order valence-electron chi connectivity index (χ3n) is 5.16. The number of primary amides is 1. The lowest BCUT2D eigenvalue weighted by Gasteiger charge is -2.27. The van der Waals surface area contributed by atoms with Crippen LogP contribution in [0.5, 0.6) is 5.75 Å². The quantitative estimate of drug-likeness (QED) is 0.510. The fraction of sp³-hybridized carbons (Fsp3) is 0.400. The molecule has 0 saturated carbocycles. The van der Waals surface area contributed by atoms with E-state index in [4.69, 9.17) is 10.5 Å². The second kappa shape index (κ2) is 8.10. The Kier molecular flexibility index (Phi) is 5.50. The van der Waals surface area contributed by atoms with Crippen LogP contribution in [0.15, 0.2) is 18.2 Å². The number of carbonyl (C=O) groups is 2. The summed E-state index contributed by atoms with van der Waals surface area (Å²) in [4.78, 5) is 29.3. The molecule has 1 aromatic carbocycles. The van der Waals surface area contributed by atoms with Crippen molar-refractivity contribution in [1.29, 1.82) is 0 Å². The predicted molar refractivity (Wildman–Crippen MR) is 116 cm³/mol. The molecule has 9 nitrogen and oxygen atoms in total. The molecule has 2 amide bonds. The molecule has 3 N–H and O–H groups in total. The van der Waals surface area contributed by atoms with Crippen molar-refractivity contribution in [2.24, 2.45) is 5.73 Å². The average Bonchev–Trinajstić information content (AvgIpc) is 3.28. The highest BCUT2D eigenvalue weighted by atomic mass is 79.9. The summed E-state index contributed by atoms with van der Waals surface area (Å²) in [5.41, 5.74) is 8.33. The Hall–Kier alpha value is -2.88. The van der Waals surface area contributed by atoms with E-state index >= 15 is 0 Å². The Morgan fingerprint density at radius 3 is 2.87 bits per heavy atom. The third kappa shape index (κ3) is 3.55. The number of carbonyl (C=O) groups excluding carboxylic acids is 2. The van der Waals surface area contributed by atoms with Crippen molar-refractivity contribution in [3.63, 3.8) is 0 Å². The molecule has 0 aliphatic carbocycles. The molecule has 30 heavy (non-hydrogen) atoms.